The summed E-state index contributed by atoms with van der Waals surface area (Å²) in [5.74, 6) is 1.10. The van der Waals surface area contributed by atoms with Crippen LogP contribution in [0.1, 0.15) is 15.9 Å². The van der Waals surface area contributed by atoms with Gasteiger partial charge in [0.05, 0.1) is 5.56 Å². The highest BCUT2D eigenvalue weighted by atomic mass is 19.4. The zero-order valence-corrected chi connectivity index (χ0v) is 15.1. The molecule has 0 bridgehead atoms. The van der Waals surface area contributed by atoms with Crippen LogP contribution >= 0.6 is 0 Å². The zero-order chi connectivity index (χ0) is 20.7. The van der Waals surface area contributed by atoms with Crippen LogP contribution in [-0.4, -0.2) is 33.9 Å². The molecule has 0 unspecified atom stereocenters. The number of alkyl halides is 3. The van der Waals surface area contributed by atoms with Crippen molar-refractivity contribution in [3.8, 4) is 0 Å². The molecule has 3 aromatic rings. The lowest BCUT2D eigenvalue weighted by molar-refractivity contribution is -0.137. The van der Waals surface area contributed by atoms with Gasteiger partial charge >= 0.3 is 6.18 Å². The number of carbonyl (C=O) groups is 1. The molecule has 0 saturated carbocycles. The molecule has 150 valence electrons. The number of halogens is 3. The second-order valence-corrected chi connectivity index (χ2v) is 5.89. The lowest BCUT2D eigenvalue weighted by Gasteiger charge is -2.10. The third-order valence-corrected chi connectivity index (χ3v) is 3.76. The quantitative estimate of drug-likeness (QED) is 0.524. The van der Waals surface area contributed by atoms with Gasteiger partial charge in [-0.15, -0.1) is 0 Å². The average molecular weight is 402 g/mol. The Morgan fingerprint density at radius 2 is 1.72 bits per heavy atom. The topological polar surface area (TPSA) is 91.8 Å². The highest BCUT2D eigenvalue weighted by molar-refractivity contribution is 5.94. The number of anilines is 3. The molecule has 2 aromatic heterocycles. The molecule has 1 aromatic carbocycles. The SMILES string of the molecule is O=C(NCCNc1cc(Nc2ccccn2)ncn1)c1cccc(C(F)(F)F)c1. The molecule has 2 heterocycles. The Morgan fingerprint density at radius 3 is 2.48 bits per heavy atom. The maximum Gasteiger partial charge on any atom is 0.416 e. The summed E-state index contributed by atoms with van der Waals surface area (Å²) in [7, 11) is 0. The third kappa shape index (κ3) is 5.89. The Kier molecular flexibility index (Phi) is 6.22. The van der Waals surface area contributed by atoms with Gasteiger partial charge in [0.25, 0.3) is 5.91 Å². The van der Waals surface area contributed by atoms with Crippen LogP contribution in [0, 0.1) is 0 Å². The average Bonchev–Trinajstić information content (AvgIpc) is 2.71. The number of hydrogen-bond acceptors (Lipinski definition) is 6. The van der Waals surface area contributed by atoms with Crippen molar-refractivity contribution >= 4 is 23.4 Å². The highest BCUT2D eigenvalue weighted by Crippen LogP contribution is 2.29. The number of amides is 1. The van der Waals surface area contributed by atoms with Crippen LogP contribution in [0.5, 0.6) is 0 Å². The van der Waals surface area contributed by atoms with E-state index >= 15 is 0 Å². The maximum absolute atomic E-state index is 12.7. The van der Waals surface area contributed by atoms with E-state index in [4.69, 9.17) is 0 Å². The van der Waals surface area contributed by atoms with Crippen LogP contribution in [0.25, 0.3) is 0 Å². The number of carbonyl (C=O) groups excluding carboxylic acids is 1. The second kappa shape index (κ2) is 9.00. The molecule has 0 atom stereocenters. The van der Waals surface area contributed by atoms with Crippen molar-refractivity contribution in [3.63, 3.8) is 0 Å². The summed E-state index contributed by atoms with van der Waals surface area (Å²) in [6, 6.07) is 11.4. The first-order valence-electron chi connectivity index (χ1n) is 8.61. The monoisotopic (exact) mass is 402 g/mol. The Balaban J connectivity index is 1.49. The summed E-state index contributed by atoms with van der Waals surface area (Å²) >= 11 is 0. The predicted molar refractivity (Wildman–Crippen MR) is 102 cm³/mol. The molecule has 1 amide bonds. The van der Waals surface area contributed by atoms with E-state index in [0.717, 1.165) is 12.1 Å². The molecule has 0 aliphatic heterocycles. The lowest BCUT2D eigenvalue weighted by atomic mass is 10.1. The first-order chi connectivity index (χ1) is 13.9. The van der Waals surface area contributed by atoms with Gasteiger partial charge in [-0.05, 0) is 30.3 Å². The molecule has 0 fully saturated rings. The number of aromatic nitrogens is 3. The fraction of sp³-hybridized carbons (Fsp3) is 0.158. The van der Waals surface area contributed by atoms with Gasteiger partial charge in [0.2, 0.25) is 0 Å². The van der Waals surface area contributed by atoms with Crippen LogP contribution < -0.4 is 16.0 Å². The van der Waals surface area contributed by atoms with Crippen molar-refractivity contribution in [2.45, 2.75) is 6.18 Å². The molecule has 0 aliphatic carbocycles. The summed E-state index contributed by atoms with van der Waals surface area (Å²) in [6.07, 6.45) is -1.48. The van der Waals surface area contributed by atoms with Crippen LogP contribution in [0.15, 0.2) is 61.1 Å². The van der Waals surface area contributed by atoms with E-state index < -0.39 is 17.6 Å². The fourth-order valence-corrected chi connectivity index (χ4v) is 2.40. The normalized spacial score (nSPS) is 11.0. The van der Waals surface area contributed by atoms with Gasteiger partial charge in [-0.3, -0.25) is 4.79 Å². The summed E-state index contributed by atoms with van der Waals surface area (Å²) in [5.41, 5.74) is -0.916. The Morgan fingerprint density at radius 1 is 0.897 bits per heavy atom. The van der Waals surface area contributed by atoms with Gasteiger partial charge in [0.1, 0.15) is 23.8 Å². The molecular weight excluding hydrogens is 385 g/mol. The molecule has 0 spiro atoms. The van der Waals surface area contributed by atoms with Crippen molar-refractivity contribution in [1.29, 1.82) is 0 Å². The van der Waals surface area contributed by atoms with Crippen molar-refractivity contribution in [3.05, 3.63) is 72.2 Å². The highest BCUT2D eigenvalue weighted by Gasteiger charge is 2.30. The van der Waals surface area contributed by atoms with Crippen LogP contribution in [-0.2, 0) is 6.18 Å². The molecular formula is C19H17F3N6O. The summed E-state index contributed by atoms with van der Waals surface area (Å²) in [4.78, 5) is 24.4. The van der Waals surface area contributed by atoms with E-state index in [-0.39, 0.29) is 12.1 Å². The van der Waals surface area contributed by atoms with E-state index in [9.17, 15) is 18.0 Å². The smallest absolute Gasteiger partial charge is 0.368 e. The first kappa shape index (κ1) is 20.1. The third-order valence-electron chi connectivity index (χ3n) is 3.76. The number of hydrogen-bond donors (Lipinski definition) is 3. The molecule has 3 N–H and O–H groups in total. The summed E-state index contributed by atoms with van der Waals surface area (Å²) in [5, 5.41) is 8.60. The largest absolute Gasteiger partial charge is 0.416 e. The maximum atomic E-state index is 12.7. The van der Waals surface area contributed by atoms with Gasteiger partial charge in [-0.2, -0.15) is 13.2 Å². The molecule has 29 heavy (non-hydrogen) atoms. The van der Waals surface area contributed by atoms with E-state index in [1.165, 1.54) is 18.5 Å². The lowest BCUT2D eigenvalue weighted by Crippen LogP contribution is -2.29. The van der Waals surface area contributed by atoms with Gasteiger partial charge < -0.3 is 16.0 Å². The first-order valence-corrected chi connectivity index (χ1v) is 8.61. The van der Waals surface area contributed by atoms with Crippen LogP contribution in [0.2, 0.25) is 0 Å². The van der Waals surface area contributed by atoms with Gasteiger partial charge in [0, 0.05) is 30.9 Å². The van der Waals surface area contributed by atoms with Gasteiger partial charge in [-0.25, -0.2) is 15.0 Å². The number of nitrogens with one attached hydrogen (secondary N) is 3. The number of rotatable bonds is 7. The number of benzene rings is 1. The van der Waals surface area contributed by atoms with Crippen LogP contribution in [0.3, 0.4) is 0 Å². The molecule has 10 heteroatoms. The van der Waals surface area contributed by atoms with Crippen LogP contribution in [0.4, 0.5) is 30.6 Å². The fourth-order valence-electron chi connectivity index (χ4n) is 2.40. The van der Waals surface area contributed by atoms with E-state index in [0.29, 0.717) is 24.0 Å². The minimum absolute atomic E-state index is 0.0521. The van der Waals surface area contributed by atoms with Crippen molar-refractivity contribution in [1.82, 2.24) is 20.3 Å². The van der Waals surface area contributed by atoms with E-state index in [1.54, 1.807) is 24.4 Å². The van der Waals surface area contributed by atoms with Gasteiger partial charge in [0.15, 0.2) is 0 Å². The Labute approximate surface area is 164 Å². The Hall–Kier alpha value is -3.69. The molecule has 7 nitrogen and oxygen atoms in total. The van der Waals surface area contributed by atoms with Crippen molar-refractivity contribution in [2.24, 2.45) is 0 Å². The molecule has 0 aliphatic rings. The van der Waals surface area contributed by atoms with Crippen molar-refractivity contribution < 1.29 is 18.0 Å². The minimum atomic E-state index is -4.49. The van der Waals surface area contributed by atoms with Crippen molar-refractivity contribution in [2.75, 3.05) is 23.7 Å². The Bertz CT molecular complexity index is 965. The standard InChI is InChI=1S/C19H17F3N6O/c20-19(21,22)14-5-3-4-13(10-14)18(29)25-9-8-24-16-11-17(27-12-26-16)28-15-6-1-2-7-23-15/h1-7,10-12H,8-9H2,(H,25,29)(H2,23,24,26,27,28). The number of pyridine rings is 1. The second-order valence-electron chi connectivity index (χ2n) is 5.89. The zero-order valence-electron chi connectivity index (χ0n) is 15.1. The van der Waals surface area contributed by atoms with Gasteiger partial charge in [-0.1, -0.05) is 12.1 Å². The minimum Gasteiger partial charge on any atom is -0.368 e. The molecule has 0 saturated heterocycles. The van der Waals surface area contributed by atoms with E-state index in [2.05, 4.69) is 30.9 Å². The summed E-state index contributed by atoms with van der Waals surface area (Å²) in [6.45, 7) is 0.521. The van der Waals surface area contributed by atoms with E-state index in [1.807, 2.05) is 6.07 Å². The molecule has 3 rings (SSSR count). The summed E-state index contributed by atoms with van der Waals surface area (Å²) < 4.78 is 38.2. The molecule has 0 radical (unpaired) electrons. The number of nitrogens with zero attached hydrogens (tertiary/aromatic N) is 3. The predicted octanol–water partition coefficient (Wildman–Crippen LogP) is 3.48.